The Morgan fingerprint density at radius 3 is 1.97 bits per heavy atom. The molecule has 4 N–H and O–H groups in total. The average molecular weight is 447 g/mol. The molecule has 3 rings (SSSR count). The van der Waals surface area contributed by atoms with Gasteiger partial charge >= 0.3 is 16.5 Å². The third kappa shape index (κ3) is 16.5. The van der Waals surface area contributed by atoms with Gasteiger partial charge in [-0.2, -0.15) is 10.2 Å². The molecule has 0 saturated carbocycles. The number of furan rings is 1. The Bertz CT molecular complexity index is 769. The van der Waals surface area contributed by atoms with Crippen LogP contribution in [-0.2, 0) is 21.3 Å². The van der Waals surface area contributed by atoms with Crippen LogP contribution in [0, 0.1) is 0 Å². The zero-order chi connectivity index (χ0) is 19.0. The fourth-order valence-corrected chi connectivity index (χ4v) is 1.36. The van der Waals surface area contributed by atoms with Crippen LogP contribution in [0.1, 0.15) is 18.1 Å². The Balaban J connectivity index is -0.000000439. The summed E-state index contributed by atoms with van der Waals surface area (Å²) in [5.74, 6) is -1.48. The Labute approximate surface area is 177 Å². The Morgan fingerprint density at radius 2 is 1.55 bits per heavy atom. The molecular formula is C18H20N4NiO6. The normalized spacial score (nSPS) is 9.21. The summed E-state index contributed by atoms with van der Waals surface area (Å²) in [5.41, 5.74) is 1.21. The van der Waals surface area contributed by atoms with Crippen molar-refractivity contribution >= 4 is 18.1 Å². The van der Waals surface area contributed by atoms with Crippen LogP contribution in [-0.4, -0.2) is 39.0 Å². The molecule has 29 heavy (non-hydrogen) atoms. The first-order valence-corrected chi connectivity index (χ1v) is 7.33. The Hall–Kier alpha value is -3.40. The first-order valence-electron chi connectivity index (χ1n) is 7.33. The SMILES string of the molecule is CC(=O)[O-].O.O.[Ni+2].[O-]/C(=N\N=C/c1ccoc1)c1ccncc1.c1ccncc1. The molecule has 0 aliphatic heterocycles. The predicted molar refractivity (Wildman–Crippen MR) is 99.2 cm³/mol. The second-order valence-electron chi connectivity index (χ2n) is 4.46. The molecule has 11 heteroatoms. The maximum absolute atomic E-state index is 11.4. The zero-order valence-electron chi connectivity index (χ0n) is 15.2. The molecule has 0 saturated heterocycles. The number of carbonyl (C=O) groups is 1. The molecule has 3 aromatic rings. The van der Waals surface area contributed by atoms with Gasteiger partial charge in [-0.25, -0.2) is 0 Å². The van der Waals surface area contributed by atoms with E-state index in [2.05, 4.69) is 20.2 Å². The second kappa shape index (κ2) is 19.4. The van der Waals surface area contributed by atoms with Crippen molar-refractivity contribution in [2.45, 2.75) is 6.92 Å². The van der Waals surface area contributed by atoms with E-state index in [1.165, 1.54) is 31.1 Å². The fourth-order valence-electron chi connectivity index (χ4n) is 1.36. The average Bonchev–Trinajstić information content (AvgIpc) is 3.17. The van der Waals surface area contributed by atoms with E-state index in [-0.39, 0.29) is 27.4 Å². The van der Waals surface area contributed by atoms with Gasteiger partial charge in [-0.1, -0.05) is 6.07 Å². The van der Waals surface area contributed by atoms with Crippen LogP contribution in [0.2, 0.25) is 0 Å². The minimum Gasteiger partial charge on any atom is -0.857 e. The molecule has 0 aromatic carbocycles. The monoisotopic (exact) mass is 446 g/mol. The summed E-state index contributed by atoms with van der Waals surface area (Å²) in [6.07, 6.45) is 11.0. The molecule has 0 atom stereocenters. The quantitative estimate of drug-likeness (QED) is 0.214. The summed E-state index contributed by atoms with van der Waals surface area (Å²) in [4.78, 5) is 16.5. The van der Waals surface area contributed by atoms with Crippen molar-refractivity contribution in [3.05, 3.63) is 84.8 Å². The minimum atomic E-state index is -1.08. The number of hydrogen-bond acceptors (Lipinski definition) is 8. The number of hydrogen-bond donors (Lipinski definition) is 0. The predicted octanol–water partition coefficient (Wildman–Crippen LogP) is -0.998. The van der Waals surface area contributed by atoms with Gasteiger partial charge in [0.15, 0.2) is 0 Å². The first kappa shape index (κ1) is 30.3. The molecule has 3 aromatic heterocycles. The molecule has 3 heterocycles. The molecule has 0 spiro atoms. The van der Waals surface area contributed by atoms with Gasteiger partial charge in [0.2, 0.25) is 0 Å². The Kier molecular flexibility index (Phi) is 20.3. The number of aliphatic carboxylic acids is 1. The second-order valence-corrected chi connectivity index (χ2v) is 4.46. The number of carbonyl (C=O) groups excluding carboxylic acids is 1. The van der Waals surface area contributed by atoms with Crippen LogP contribution >= 0.6 is 0 Å². The summed E-state index contributed by atoms with van der Waals surface area (Å²) in [7, 11) is 0. The number of pyridine rings is 2. The third-order valence-electron chi connectivity index (χ3n) is 2.39. The summed E-state index contributed by atoms with van der Waals surface area (Å²) < 4.78 is 4.83. The van der Waals surface area contributed by atoms with Crippen LogP contribution in [0.3, 0.4) is 0 Å². The zero-order valence-corrected chi connectivity index (χ0v) is 16.2. The van der Waals surface area contributed by atoms with Crippen molar-refractivity contribution < 1.29 is 46.9 Å². The number of carboxylic acids is 1. The topological polar surface area (TPSA) is 190 Å². The largest absolute Gasteiger partial charge is 2.00 e. The molecule has 0 aliphatic carbocycles. The van der Waals surface area contributed by atoms with Gasteiger partial charge in [0, 0.05) is 42.2 Å². The molecule has 0 fully saturated rings. The van der Waals surface area contributed by atoms with Gasteiger partial charge in [-0.15, -0.1) is 0 Å². The van der Waals surface area contributed by atoms with Crippen LogP contribution in [0.15, 0.2) is 88.3 Å². The van der Waals surface area contributed by atoms with E-state index in [0.717, 1.165) is 12.5 Å². The van der Waals surface area contributed by atoms with Crippen molar-refractivity contribution in [2.24, 2.45) is 10.2 Å². The number of nitrogens with zero attached hydrogens (tertiary/aromatic N) is 4. The summed E-state index contributed by atoms with van der Waals surface area (Å²) in [6, 6.07) is 10.6. The molecule has 10 nitrogen and oxygen atoms in total. The van der Waals surface area contributed by atoms with Crippen LogP contribution in [0.5, 0.6) is 0 Å². The molecule has 0 amide bonds. The van der Waals surface area contributed by atoms with E-state index in [1.54, 1.807) is 30.6 Å². The number of rotatable bonds is 3. The van der Waals surface area contributed by atoms with Crippen molar-refractivity contribution in [1.82, 2.24) is 9.97 Å². The van der Waals surface area contributed by atoms with Crippen molar-refractivity contribution in [2.75, 3.05) is 0 Å². The van der Waals surface area contributed by atoms with E-state index in [9.17, 15) is 5.11 Å². The van der Waals surface area contributed by atoms with Crippen molar-refractivity contribution in [3.8, 4) is 0 Å². The molecular weight excluding hydrogens is 427 g/mol. The third-order valence-corrected chi connectivity index (χ3v) is 2.39. The standard InChI is InChI=1S/C11H9N3O2.C5H5N.C2H4O2.Ni.2H2O/c15-11(10-1-4-12-5-2-10)14-13-7-9-3-6-16-8-9;1-2-4-6-5-3-1;1-2(3)4;;;/h1-8H,(H,14,15);1-5H;1H3,(H,3,4);;2*1H2/q;;;+2;;/p-2/b13-7-;;;;;. The minimum absolute atomic E-state index is 0. The van der Waals surface area contributed by atoms with Gasteiger partial charge in [-0.3, -0.25) is 9.97 Å². The van der Waals surface area contributed by atoms with Crippen LogP contribution < -0.4 is 10.2 Å². The number of aromatic nitrogens is 2. The van der Waals surface area contributed by atoms with Crippen molar-refractivity contribution in [3.63, 3.8) is 0 Å². The van der Waals surface area contributed by atoms with Crippen molar-refractivity contribution in [1.29, 1.82) is 0 Å². The smallest absolute Gasteiger partial charge is 0.857 e. The maximum atomic E-state index is 11.4. The summed E-state index contributed by atoms with van der Waals surface area (Å²) in [5, 5.41) is 27.5. The van der Waals surface area contributed by atoms with Gasteiger partial charge < -0.3 is 30.4 Å². The summed E-state index contributed by atoms with van der Waals surface area (Å²) >= 11 is 0. The van der Waals surface area contributed by atoms with E-state index in [1.807, 2.05) is 18.2 Å². The van der Waals surface area contributed by atoms with E-state index < -0.39 is 11.9 Å². The first-order chi connectivity index (χ1) is 12.6. The molecule has 0 aliphatic rings. The molecule has 0 unspecified atom stereocenters. The van der Waals surface area contributed by atoms with Crippen LogP contribution in [0.25, 0.3) is 0 Å². The fraction of sp³-hybridized carbons (Fsp3) is 0.0556. The molecule has 0 radical (unpaired) electrons. The Morgan fingerprint density at radius 1 is 1.00 bits per heavy atom. The van der Waals surface area contributed by atoms with E-state index >= 15 is 0 Å². The molecule has 158 valence electrons. The van der Waals surface area contributed by atoms with Gasteiger partial charge in [-0.05, 0) is 42.8 Å². The van der Waals surface area contributed by atoms with Gasteiger partial charge in [0.1, 0.15) is 0 Å². The molecule has 0 bridgehead atoms. The van der Waals surface area contributed by atoms with E-state index in [0.29, 0.717) is 5.56 Å². The number of carboxylic acid groups (broad SMARTS) is 1. The van der Waals surface area contributed by atoms with E-state index in [4.69, 9.17) is 14.3 Å². The maximum Gasteiger partial charge on any atom is 2.00 e. The van der Waals surface area contributed by atoms with Crippen LogP contribution in [0.4, 0.5) is 0 Å². The summed E-state index contributed by atoms with van der Waals surface area (Å²) in [6.45, 7) is 0.972. The van der Waals surface area contributed by atoms with Gasteiger partial charge in [0.05, 0.1) is 18.7 Å². The van der Waals surface area contributed by atoms with Gasteiger partial charge in [0.25, 0.3) is 0 Å².